The molecule has 0 bridgehead atoms. The van der Waals surface area contributed by atoms with Crippen molar-refractivity contribution in [1.29, 1.82) is 0 Å². The lowest BCUT2D eigenvalue weighted by molar-refractivity contribution is 0.269. The molecule has 12 heavy (non-hydrogen) atoms. The predicted octanol–water partition coefficient (Wildman–Crippen LogP) is 3.42. The van der Waals surface area contributed by atoms with Crippen molar-refractivity contribution in [2.75, 3.05) is 5.32 Å². The third-order valence-corrected chi connectivity index (χ3v) is 1.75. The van der Waals surface area contributed by atoms with Crippen LogP contribution in [0.25, 0.3) is 0 Å². The van der Waals surface area contributed by atoms with Gasteiger partial charge < -0.3 is 5.32 Å². The summed E-state index contributed by atoms with van der Waals surface area (Å²) in [5.41, 5.74) is 1.57. The number of amides is 1. The van der Waals surface area contributed by atoms with Gasteiger partial charge in [-0.3, -0.25) is 4.79 Å². The van der Waals surface area contributed by atoms with Crippen LogP contribution in [-0.2, 0) is 0 Å². The van der Waals surface area contributed by atoms with Crippen LogP contribution in [0.2, 0.25) is 5.02 Å². The van der Waals surface area contributed by atoms with E-state index in [1.807, 2.05) is 6.92 Å². The third kappa shape index (κ3) is 2.40. The van der Waals surface area contributed by atoms with Gasteiger partial charge in [0.2, 0.25) is 0 Å². The molecule has 0 aliphatic rings. The van der Waals surface area contributed by atoms with Crippen LogP contribution in [0.15, 0.2) is 18.2 Å². The molecular formula is C8H7Cl2NO. The predicted molar refractivity (Wildman–Crippen MR) is 51.1 cm³/mol. The summed E-state index contributed by atoms with van der Waals surface area (Å²) in [7, 11) is 0. The summed E-state index contributed by atoms with van der Waals surface area (Å²) in [5, 5.41) is 2.51. The van der Waals surface area contributed by atoms with Crippen molar-refractivity contribution in [2.24, 2.45) is 0 Å². The smallest absolute Gasteiger partial charge is 0.312 e. The maximum absolute atomic E-state index is 10.5. The first-order valence-electron chi connectivity index (χ1n) is 3.32. The Morgan fingerprint density at radius 3 is 2.67 bits per heavy atom. The molecule has 1 aromatic rings. The molecule has 1 rings (SSSR count). The van der Waals surface area contributed by atoms with Crippen molar-refractivity contribution in [3.05, 3.63) is 28.8 Å². The number of anilines is 1. The van der Waals surface area contributed by atoms with Crippen LogP contribution >= 0.6 is 23.2 Å². The van der Waals surface area contributed by atoms with Crippen molar-refractivity contribution in [2.45, 2.75) is 6.92 Å². The van der Waals surface area contributed by atoms with Crippen LogP contribution in [0.4, 0.5) is 10.5 Å². The van der Waals surface area contributed by atoms with Crippen molar-refractivity contribution in [1.82, 2.24) is 0 Å². The Morgan fingerprint density at radius 1 is 1.50 bits per heavy atom. The van der Waals surface area contributed by atoms with Crippen LogP contribution < -0.4 is 5.32 Å². The first kappa shape index (κ1) is 9.36. The maximum Gasteiger partial charge on any atom is 0.318 e. The van der Waals surface area contributed by atoms with Gasteiger partial charge in [0, 0.05) is 10.7 Å². The summed E-state index contributed by atoms with van der Waals surface area (Å²) < 4.78 is 0. The molecule has 2 nitrogen and oxygen atoms in total. The largest absolute Gasteiger partial charge is 0.318 e. The highest BCUT2D eigenvalue weighted by molar-refractivity contribution is 6.65. The first-order valence-corrected chi connectivity index (χ1v) is 4.08. The van der Waals surface area contributed by atoms with E-state index in [1.165, 1.54) is 0 Å². The maximum atomic E-state index is 10.5. The van der Waals surface area contributed by atoms with E-state index in [0.29, 0.717) is 10.7 Å². The molecular weight excluding hydrogens is 197 g/mol. The van der Waals surface area contributed by atoms with Gasteiger partial charge in [0.25, 0.3) is 0 Å². The molecule has 0 radical (unpaired) electrons. The van der Waals surface area contributed by atoms with Crippen LogP contribution in [0.3, 0.4) is 0 Å². The molecule has 1 N–H and O–H groups in total. The summed E-state index contributed by atoms with van der Waals surface area (Å²) in [6.07, 6.45) is 0. The summed E-state index contributed by atoms with van der Waals surface area (Å²) >= 11 is 10.8. The molecule has 0 saturated heterocycles. The Kier molecular flexibility index (Phi) is 2.95. The van der Waals surface area contributed by atoms with Gasteiger partial charge in [0.15, 0.2) is 0 Å². The fourth-order valence-corrected chi connectivity index (χ4v) is 1.20. The van der Waals surface area contributed by atoms with E-state index in [9.17, 15) is 4.79 Å². The number of carbonyl (C=O) groups excluding carboxylic acids is 1. The molecule has 0 saturated carbocycles. The number of carbonyl (C=O) groups is 1. The van der Waals surface area contributed by atoms with E-state index in [4.69, 9.17) is 23.2 Å². The van der Waals surface area contributed by atoms with E-state index in [1.54, 1.807) is 18.2 Å². The molecule has 4 heteroatoms. The van der Waals surface area contributed by atoms with Crippen molar-refractivity contribution in [3.8, 4) is 0 Å². The topological polar surface area (TPSA) is 29.1 Å². The van der Waals surface area contributed by atoms with E-state index < -0.39 is 5.37 Å². The zero-order chi connectivity index (χ0) is 9.14. The SMILES string of the molecule is Cc1cc(Cl)ccc1NC(=O)Cl. The lowest BCUT2D eigenvalue weighted by Gasteiger charge is -2.04. The Morgan fingerprint density at radius 2 is 2.17 bits per heavy atom. The van der Waals surface area contributed by atoms with E-state index in [-0.39, 0.29) is 0 Å². The summed E-state index contributed by atoms with van der Waals surface area (Å²) in [6.45, 7) is 1.84. The summed E-state index contributed by atoms with van der Waals surface area (Å²) in [5.74, 6) is 0. The monoisotopic (exact) mass is 203 g/mol. The van der Waals surface area contributed by atoms with Crippen molar-refractivity contribution in [3.63, 3.8) is 0 Å². The minimum atomic E-state index is -0.597. The highest BCUT2D eigenvalue weighted by Crippen LogP contribution is 2.19. The molecule has 0 heterocycles. The van der Waals surface area contributed by atoms with Gasteiger partial charge in [-0.1, -0.05) is 11.6 Å². The fourth-order valence-electron chi connectivity index (χ4n) is 0.873. The summed E-state index contributed by atoms with van der Waals surface area (Å²) in [4.78, 5) is 10.5. The van der Waals surface area contributed by atoms with Crippen LogP contribution in [0, 0.1) is 6.92 Å². The van der Waals surface area contributed by atoms with Gasteiger partial charge in [0.1, 0.15) is 0 Å². The normalized spacial score (nSPS) is 9.58. The lowest BCUT2D eigenvalue weighted by Crippen LogP contribution is -2.02. The van der Waals surface area contributed by atoms with Gasteiger partial charge in [0.05, 0.1) is 0 Å². The lowest BCUT2D eigenvalue weighted by atomic mass is 10.2. The highest BCUT2D eigenvalue weighted by Gasteiger charge is 2.00. The Labute approximate surface area is 80.5 Å². The second-order valence-corrected chi connectivity index (χ2v) is 3.14. The molecule has 0 aromatic heterocycles. The second-order valence-electron chi connectivity index (χ2n) is 2.36. The Balaban J connectivity index is 2.93. The number of hydrogen-bond donors (Lipinski definition) is 1. The van der Waals surface area contributed by atoms with Crippen LogP contribution in [0.1, 0.15) is 5.56 Å². The zero-order valence-corrected chi connectivity index (χ0v) is 7.91. The van der Waals surface area contributed by atoms with Crippen molar-refractivity contribution >= 4 is 34.3 Å². The third-order valence-electron chi connectivity index (χ3n) is 1.42. The van der Waals surface area contributed by atoms with Crippen LogP contribution in [-0.4, -0.2) is 5.37 Å². The Bertz CT molecular complexity index is 312. The molecule has 0 aliphatic heterocycles. The number of halogens is 2. The molecule has 0 aliphatic carbocycles. The van der Waals surface area contributed by atoms with Crippen LogP contribution in [0.5, 0.6) is 0 Å². The van der Waals surface area contributed by atoms with Gasteiger partial charge in [-0.15, -0.1) is 0 Å². The minimum absolute atomic E-state index is 0.597. The van der Waals surface area contributed by atoms with Gasteiger partial charge in [-0.25, -0.2) is 0 Å². The van der Waals surface area contributed by atoms with Gasteiger partial charge in [-0.2, -0.15) is 0 Å². The molecule has 1 amide bonds. The molecule has 0 spiro atoms. The van der Waals surface area contributed by atoms with Gasteiger partial charge in [-0.05, 0) is 42.3 Å². The van der Waals surface area contributed by atoms with Crippen molar-refractivity contribution < 1.29 is 4.79 Å². The second kappa shape index (κ2) is 3.78. The van der Waals surface area contributed by atoms with Gasteiger partial charge >= 0.3 is 5.37 Å². The molecule has 0 atom stereocenters. The minimum Gasteiger partial charge on any atom is -0.312 e. The van der Waals surface area contributed by atoms with E-state index >= 15 is 0 Å². The average Bonchev–Trinajstić information content (AvgIpc) is 1.94. The first-order chi connectivity index (χ1) is 5.59. The molecule has 1 aromatic carbocycles. The number of benzene rings is 1. The van der Waals surface area contributed by atoms with E-state index in [0.717, 1.165) is 5.56 Å². The summed E-state index contributed by atoms with van der Waals surface area (Å²) in [6, 6.07) is 5.15. The number of rotatable bonds is 1. The molecule has 0 fully saturated rings. The zero-order valence-electron chi connectivity index (χ0n) is 6.40. The number of aryl methyl sites for hydroxylation is 1. The standard InChI is InChI=1S/C8H7Cl2NO/c1-5-4-6(9)2-3-7(5)11-8(10)12/h2-4H,1H3,(H,11,12). The number of hydrogen-bond acceptors (Lipinski definition) is 1. The fraction of sp³-hybridized carbons (Fsp3) is 0.125. The average molecular weight is 204 g/mol. The quantitative estimate of drug-likeness (QED) is 0.551. The highest BCUT2D eigenvalue weighted by atomic mass is 35.5. The molecule has 64 valence electrons. The molecule has 0 unspecified atom stereocenters. The Hall–Kier alpha value is -0.730. The number of nitrogens with one attached hydrogen (secondary N) is 1. The van der Waals surface area contributed by atoms with E-state index in [2.05, 4.69) is 5.32 Å².